The lowest BCUT2D eigenvalue weighted by atomic mass is 10.3. The molecule has 0 aliphatic heterocycles. The van der Waals surface area contributed by atoms with E-state index in [1.165, 1.54) is 18.2 Å². The first kappa shape index (κ1) is 15.8. The molecule has 0 bridgehead atoms. The van der Waals surface area contributed by atoms with Crippen molar-refractivity contribution in [2.45, 2.75) is 23.5 Å². The Morgan fingerprint density at radius 1 is 1.26 bits per heavy atom. The molecule has 4 nitrogen and oxygen atoms in total. The lowest BCUT2D eigenvalue weighted by molar-refractivity contribution is 0.194. The van der Waals surface area contributed by atoms with Gasteiger partial charge in [-0.2, -0.15) is 8.78 Å². The minimum atomic E-state index is -4.58. The number of methoxy groups -OCH3 is 1. The van der Waals surface area contributed by atoms with Gasteiger partial charge in [0.2, 0.25) is 9.84 Å². The van der Waals surface area contributed by atoms with Crippen LogP contribution < -0.4 is 5.32 Å². The molecular formula is C12H17F2NO3S. The quantitative estimate of drug-likeness (QED) is 0.748. The van der Waals surface area contributed by atoms with Gasteiger partial charge in [-0.25, -0.2) is 8.42 Å². The molecule has 0 fully saturated rings. The Hall–Kier alpha value is -1.21. The van der Waals surface area contributed by atoms with Gasteiger partial charge >= 0.3 is 5.76 Å². The van der Waals surface area contributed by atoms with E-state index >= 15 is 0 Å². The number of halogens is 2. The second kappa shape index (κ2) is 7.40. The molecule has 1 N–H and O–H groups in total. The van der Waals surface area contributed by atoms with E-state index in [1.807, 2.05) is 0 Å². The Labute approximate surface area is 111 Å². The minimum absolute atomic E-state index is 0.209. The molecule has 0 aromatic heterocycles. The van der Waals surface area contributed by atoms with Gasteiger partial charge < -0.3 is 10.1 Å². The maximum absolute atomic E-state index is 12.5. The molecule has 0 radical (unpaired) electrons. The largest absolute Gasteiger partial charge is 0.385 e. The number of anilines is 1. The summed E-state index contributed by atoms with van der Waals surface area (Å²) in [6, 6.07) is 5.68. The summed E-state index contributed by atoms with van der Waals surface area (Å²) in [7, 11) is -2.98. The van der Waals surface area contributed by atoms with Crippen molar-refractivity contribution in [3.63, 3.8) is 0 Å². The first-order valence-corrected chi connectivity index (χ1v) is 7.38. The number of unbranched alkanes of at least 4 members (excludes halogenated alkanes) is 1. The molecule has 0 aliphatic carbocycles. The number of nitrogens with one attached hydrogen (secondary N) is 1. The number of ether oxygens (including phenoxy) is 1. The van der Waals surface area contributed by atoms with Crippen LogP contribution in [0.4, 0.5) is 14.5 Å². The minimum Gasteiger partial charge on any atom is -0.385 e. The molecule has 0 unspecified atom stereocenters. The molecule has 1 rings (SSSR count). The van der Waals surface area contributed by atoms with Gasteiger partial charge in [0.25, 0.3) is 0 Å². The van der Waals surface area contributed by atoms with Crippen LogP contribution in [0.5, 0.6) is 0 Å². The van der Waals surface area contributed by atoms with Gasteiger partial charge in [-0.15, -0.1) is 0 Å². The number of alkyl halides is 2. The van der Waals surface area contributed by atoms with Crippen molar-refractivity contribution in [2.75, 3.05) is 25.6 Å². The third-order valence-electron chi connectivity index (χ3n) is 2.52. The smallest absolute Gasteiger partial charge is 0.341 e. The fourth-order valence-electron chi connectivity index (χ4n) is 1.55. The SMILES string of the molecule is COCCCCNc1ccccc1S(=O)(=O)C(F)F. The number of para-hydroxylation sites is 1. The van der Waals surface area contributed by atoms with Gasteiger partial charge in [-0.1, -0.05) is 12.1 Å². The van der Waals surface area contributed by atoms with Crippen molar-refractivity contribution in [2.24, 2.45) is 0 Å². The van der Waals surface area contributed by atoms with Crippen LogP contribution in [0.15, 0.2) is 29.2 Å². The van der Waals surface area contributed by atoms with Crippen LogP contribution in [0.25, 0.3) is 0 Å². The van der Waals surface area contributed by atoms with E-state index in [9.17, 15) is 17.2 Å². The molecule has 0 spiro atoms. The van der Waals surface area contributed by atoms with E-state index in [-0.39, 0.29) is 10.6 Å². The molecule has 108 valence electrons. The predicted molar refractivity (Wildman–Crippen MR) is 69.2 cm³/mol. The number of sulfone groups is 1. The normalized spacial score (nSPS) is 11.8. The maximum Gasteiger partial charge on any atom is 0.341 e. The fourth-order valence-corrected chi connectivity index (χ4v) is 2.46. The molecule has 7 heteroatoms. The summed E-state index contributed by atoms with van der Waals surface area (Å²) in [6.45, 7) is 1.11. The highest BCUT2D eigenvalue weighted by Crippen LogP contribution is 2.25. The van der Waals surface area contributed by atoms with Gasteiger partial charge in [-0.3, -0.25) is 0 Å². The van der Waals surface area contributed by atoms with E-state index in [1.54, 1.807) is 13.2 Å². The van der Waals surface area contributed by atoms with Gasteiger partial charge in [0.1, 0.15) is 0 Å². The average Bonchev–Trinajstić information content (AvgIpc) is 2.38. The molecule has 0 saturated heterocycles. The van der Waals surface area contributed by atoms with Crippen molar-refractivity contribution >= 4 is 15.5 Å². The Morgan fingerprint density at radius 2 is 1.95 bits per heavy atom. The van der Waals surface area contributed by atoms with Gasteiger partial charge in [0.15, 0.2) is 0 Å². The lowest BCUT2D eigenvalue weighted by Crippen LogP contribution is -2.14. The average molecular weight is 293 g/mol. The highest BCUT2D eigenvalue weighted by atomic mass is 32.2. The molecule has 0 aliphatic rings. The van der Waals surface area contributed by atoms with Crippen molar-refractivity contribution in [3.05, 3.63) is 24.3 Å². The molecule has 0 heterocycles. The zero-order chi connectivity index (χ0) is 14.3. The molecule has 0 saturated carbocycles. The third kappa shape index (κ3) is 4.43. The third-order valence-corrected chi connectivity index (χ3v) is 3.96. The predicted octanol–water partition coefficient (Wildman–Crippen LogP) is 2.52. The van der Waals surface area contributed by atoms with Gasteiger partial charge in [-0.05, 0) is 25.0 Å². The lowest BCUT2D eigenvalue weighted by Gasteiger charge is -2.11. The number of rotatable bonds is 8. The Balaban J connectivity index is 2.74. The second-order valence-corrected chi connectivity index (χ2v) is 5.81. The summed E-state index contributed by atoms with van der Waals surface area (Å²) in [6.07, 6.45) is 1.57. The Morgan fingerprint density at radius 3 is 2.58 bits per heavy atom. The summed E-state index contributed by atoms with van der Waals surface area (Å²) >= 11 is 0. The Kier molecular flexibility index (Phi) is 6.17. The van der Waals surface area contributed by atoms with Crippen LogP contribution in [0.3, 0.4) is 0 Å². The topological polar surface area (TPSA) is 55.4 Å². The van der Waals surface area contributed by atoms with E-state index < -0.39 is 15.6 Å². The maximum atomic E-state index is 12.5. The van der Waals surface area contributed by atoms with Crippen LogP contribution in [0.2, 0.25) is 0 Å². The van der Waals surface area contributed by atoms with E-state index in [4.69, 9.17) is 4.74 Å². The van der Waals surface area contributed by atoms with Gasteiger partial charge in [0.05, 0.1) is 10.6 Å². The number of hydrogen-bond donors (Lipinski definition) is 1. The number of benzene rings is 1. The molecule has 0 atom stereocenters. The molecular weight excluding hydrogens is 276 g/mol. The van der Waals surface area contributed by atoms with Gasteiger partial charge in [0, 0.05) is 20.3 Å². The summed E-state index contributed by atoms with van der Waals surface area (Å²) in [4.78, 5) is -0.364. The summed E-state index contributed by atoms with van der Waals surface area (Å²) in [5, 5.41) is 2.87. The van der Waals surface area contributed by atoms with Crippen LogP contribution >= 0.6 is 0 Å². The van der Waals surface area contributed by atoms with Crippen LogP contribution in [0, 0.1) is 0 Å². The summed E-state index contributed by atoms with van der Waals surface area (Å²) in [5.41, 5.74) is 0.209. The van der Waals surface area contributed by atoms with E-state index in [0.29, 0.717) is 13.2 Å². The molecule has 0 amide bonds. The zero-order valence-electron chi connectivity index (χ0n) is 10.6. The van der Waals surface area contributed by atoms with Crippen LogP contribution in [0.1, 0.15) is 12.8 Å². The summed E-state index contributed by atoms with van der Waals surface area (Å²) < 4.78 is 52.9. The van der Waals surface area contributed by atoms with Crippen LogP contribution in [-0.2, 0) is 14.6 Å². The van der Waals surface area contributed by atoms with E-state index in [2.05, 4.69) is 5.32 Å². The zero-order valence-corrected chi connectivity index (χ0v) is 11.4. The monoisotopic (exact) mass is 293 g/mol. The molecule has 19 heavy (non-hydrogen) atoms. The first-order chi connectivity index (χ1) is 9.00. The molecule has 1 aromatic rings. The standard InChI is InChI=1S/C12H17F2NO3S/c1-18-9-5-4-8-15-10-6-2-3-7-11(10)19(16,17)12(13)14/h2-3,6-7,12,15H,4-5,8-9H2,1H3. The first-order valence-electron chi connectivity index (χ1n) is 5.84. The fraction of sp³-hybridized carbons (Fsp3) is 0.500. The second-order valence-electron chi connectivity index (χ2n) is 3.93. The molecule has 1 aromatic carbocycles. The summed E-state index contributed by atoms with van der Waals surface area (Å²) in [5.74, 6) is -3.41. The van der Waals surface area contributed by atoms with Crippen molar-refractivity contribution in [1.29, 1.82) is 0 Å². The highest BCUT2D eigenvalue weighted by molar-refractivity contribution is 7.91. The Bertz CT molecular complexity index is 492. The highest BCUT2D eigenvalue weighted by Gasteiger charge is 2.28. The van der Waals surface area contributed by atoms with E-state index in [0.717, 1.165) is 12.8 Å². The van der Waals surface area contributed by atoms with Crippen molar-refractivity contribution < 1.29 is 21.9 Å². The number of hydrogen-bond acceptors (Lipinski definition) is 4. The van der Waals surface area contributed by atoms with Crippen molar-refractivity contribution in [3.8, 4) is 0 Å². The van der Waals surface area contributed by atoms with Crippen LogP contribution in [-0.4, -0.2) is 34.4 Å². The van der Waals surface area contributed by atoms with Crippen molar-refractivity contribution in [1.82, 2.24) is 0 Å².